The van der Waals surface area contributed by atoms with Gasteiger partial charge in [0.2, 0.25) is 0 Å². The monoisotopic (exact) mass is 540 g/mol. The maximum Gasteiger partial charge on any atom is 0.270 e. The summed E-state index contributed by atoms with van der Waals surface area (Å²) < 4.78 is 11.4. The van der Waals surface area contributed by atoms with Crippen molar-refractivity contribution in [2.45, 2.75) is 6.42 Å². The van der Waals surface area contributed by atoms with Crippen LogP contribution in [0.2, 0.25) is 0 Å². The van der Waals surface area contributed by atoms with Crippen LogP contribution in [0.4, 0.5) is 5.13 Å². The average Bonchev–Trinajstić information content (AvgIpc) is 3.70. The van der Waals surface area contributed by atoms with E-state index < -0.39 is 0 Å². The molecule has 0 saturated carbocycles. The highest BCUT2D eigenvalue weighted by Gasteiger charge is 2.23. The molecule has 196 valence electrons. The van der Waals surface area contributed by atoms with E-state index in [4.69, 9.17) is 19.2 Å². The van der Waals surface area contributed by atoms with Crippen molar-refractivity contribution in [1.29, 1.82) is 0 Å². The molecule has 1 aromatic carbocycles. The highest BCUT2D eigenvalue weighted by atomic mass is 32.1. The fourth-order valence-electron chi connectivity index (χ4n) is 4.48. The van der Waals surface area contributed by atoms with Gasteiger partial charge in [0.1, 0.15) is 11.3 Å². The van der Waals surface area contributed by atoms with Gasteiger partial charge in [0.25, 0.3) is 5.91 Å². The van der Waals surface area contributed by atoms with Gasteiger partial charge in [0.15, 0.2) is 10.9 Å². The number of nitrogens with zero attached hydrogens (tertiary/aromatic N) is 4. The van der Waals surface area contributed by atoms with E-state index in [1.54, 1.807) is 0 Å². The standard InChI is InChI=1S/C27H32N4O4S2/c32-15-17-34-16-14-30-12-10-29(11-13-30)8-4-9-31(26(33)25-7-3-18-36-25)27-28-22(20-37-27)24-19-21-5-1-2-6-23(21)35-24/h1-3,5-7,18-20,32H,4,8-17H2. The maximum absolute atomic E-state index is 13.4. The molecule has 1 aliphatic rings. The second kappa shape index (κ2) is 12.8. The summed E-state index contributed by atoms with van der Waals surface area (Å²) in [7, 11) is 0. The van der Waals surface area contributed by atoms with Gasteiger partial charge in [-0.25, -0.2) is 4.98 Å². The number of ether oxygens (including phenoxy) is 1. The minimum absolute atomic E-state index is 0.00629. The van der Waals surface area contributed by atoms with Crippen LogP contribution in [0, 0.1) is 0 Å². The third kappa shape index (κ3) is 6.64. The summed E-state index contributed by atoms with van der Waals surface area (Å²) in [6, 6.07) is 13.7. The van der Waals surface area contributed by atoms with E-state index in [0.29, 0.717) is 30.7 Å². The zero-order valence-electron chi connectivity index (χ0n) is 20.8. The number of amides is 1. The molecule has 0 spiro atoms. The summed E-state index contributed by atoms with van der Waals surface area (Å²) in [5.74, 6) is 0.708. The van der Waals surface area contributed by atoms with Crippen molar-refractivity contribution < 1.29 is 19.1 Å². The SMILES string of the molecule is O=C(c1cccs1)N(CCCN1CCN(CCOCCO)CC1)c1nc(-c2cc3ccccc3o2)cs1. The molecule has 4 heterocycles. The molecule has 1 amide bonds. The number of aliphatic hydroxyl groups is 1. The van der Waals surface area contributed by atoms with Crippen LogP contribution in [0.3, 0.4) is 0 Å². The number of hydrogen-bond donors (Lipinski definition) is 1. The van der Waals surface area contributed by atoms with Crippen LogP contribution < -0.4 is 4.90 Å². The predicted molar refractivity (Wildman–Crippen MR) is 149 cm³/mol. The van der Waals surface area contributed by atoms with Crippen LogP contribution in [0.1, 0.15) is 16.1 Å². The van der Waals surface area contributed by atoms with Crippen molar-refractivity contribution in [2.75, 3.05) is 70.5 Å². The van der Waals surface area contributed by atoms with Gasteiger partial charge in [-0.15, -0.1) is 22.7 Å². The number of piperazine rings is 1. The third-order valence-corrected chi connectivity index (χ3v) is 8.21. The number of hydrogen-bond acceptors (Lipinski definition) is 9. The molecule has 0 radical (unpaired) electrons. The summed E-state index contributed by atoms with van der Waals surface area (Å²) in [6.45, 7) is 7.60. The number of anilines is 1. The summed E-state index contributed by atoms with van der Waals surface area (Å²) in [6.07, 6.45) is 0.871. The van der Waals surface area contributed by atoms with Gasteiger partial charge < -0.3 is 19.2 Å². The number of aliphatic hydroxyl groups excluding tert-OH is 1. The molecule has 1 fully saturated rings. The lowest BCUT2D eigenvalue weighted by Crippen LogP contribution is -2.48. The van der Waals surface area contributed by atoms with Crippen molar-refractivity contribution in [2.24, 2.45) is 0 Å². The molecule has 0 atom stereocenters. The fourth-order valence-corrected chi connectivity index (χ4v) is 5.99. The van der Waals surface area contributed by atoms with Gasteiger partial charge >= 0.3 is 0 Å². The first-order valence-corrected chi connectivity index (χ1v) is 14.4. The number of thiazole rings is 1. The molecule has 8 nitrogen and oxygen atoms in total. The Labute approximate surface area is 224 Å². The Kier molecular flexibility index (Phi) is 8.98. The number of thiophene rings is 1. The molecule has 3 aromatic heterocycles. The Balaban J connectivity index is 1.20. The first-order chi connectivity index (χ1) is 18.2. The van der Waals surface area contributed by atoms with E-state index in [2.05, 4.69) is 9.80 Å². The Morgan fingerprint density at radius 2 is 1.86 bits per heavy atom. The first-order valence-electron chi connectivity index (χ1n) is 12.6. The summed E-state index contributed by atoms with van der Waals surface area (Å²) in [4.78, 5) is 25.6. The van der Waals surface area contributed by atoms with E-state index in [-0.39, 0.29) is 12.5 Å². The Hall–Kier alpha value is -2.60. The van der Waals surface area contributed by atoms with E-state index >= 15 is 0 Å². The highest BCUT2D eigenvalue weighted by molar-refractivity contribution is 7.14. The highest BCUT2D eigenvalue weighted by Crippen LogP contribution is 2.32. The molecular formula is C27H32N4O4S2. The third-order valence-electron chi connectivity index (χ3n) is 6.49. The second-order valence-corrected chi connectivity index (χ2v) is 10.8. The van der Waals surface area contributed by atoms with Gasteiger partial charge in [-0.3, -0.25) is 14.6 Å². The van der Waals surface area contributed by atoms with Crippen LogP contribution in [-0.4, -0.2) is 91.4 Å². The van der Waals surface area contributed by atoms with Crippen molar-refractivity contribution in [3.8, 4) is 11.5 Å². The number of fused-ring (bicyclic) bond motifs is 1. The molecule has 1 aliphatic heterocycles. The largest absolute Gasteiger partial charge is 0.454 e. The van der Waals surface area contributed by atoms with Crippen LogP contribution >= 0.6 is 22.7 Å². The van der Waals surface area contributed by atoms with Crippen LogP contribution in [0.5, 0.6) is 0 Å². The van der Waals surface area contributed by atoms with E-state index in [0.717, 1.165) is 67.2 Å². The van der Waals surface area contributed by atoms with Crippen LogP contribution in [-0.2, 0) is 4.74 Å². The molecule has 10 heteroatoms. The molecule has 1 N–H and O–H groups in total. The zero-order valence-corrected chi connectivity index (χ0v) is 22.4. The number of para-hydroxylation sites is 1. The predicted octanol–water partition coefficient (Wildman–Crippen LogP) is 4.28. The number of rotatable bonds is 12. The Morgan fingerprint density at radius 1 is 1.05 bits per heavy atom. The molecular weight excluding hydrogens is 508 g/mol. The van der Waals surface area contributed by atoms with Gasteiger partial charge in [0, 0.05) is 50.0 Å². The molecule has 37 heavy (non-hydrogen) atoms. The lowest BCUT2D eigenvalue weighted by atomic mass is 10.2. The topological polar surface area (TPSA) is 82.3 Å². The summed E-state index contributed by atoms with van der Waals surface area (Å²) in [5.41, 5.74) is 1.58. The van der Waals surface area contributed by atoms with Gasteiger partial charge in [-0.05, 0) is 36.5 Å². The number of furan rings is 1. The van der Waals surface area contributed by atoms with Gasteiger partial charge in [-0.1, -0.05) is 24.3 Å². The minimum Gasteiger partial charge on any atom is -0.454 e. The van der Waals surface area contributed by atoms with Crippen molar-refractivity contribution >= 4 is 44.7 Å². The lowest BCUT2D eigenvalue weighted by molar-refractivity contribution is 0.0575. The molecule has 0 aliphatic carbocycles. The number of carbonyl (C=O) groups excluding carboxylic acids is 1. The van der Waals surface area contributed by atoms with Crippen molar-refractivity contribution in [1.82, 2.24) is 14.8 Å². The number of carbonyl (C=O) groups is 1. The summed E-state index contributed by atoms with van der Waals surface area (Å²) in [5, 5.41) is 14.5. The average molecular weight is 541 g/mol. The van der Waals surface area contributed by atoms with Gasteiger partial charge in [-0.2, -0.15) is 0 Å². The van der Waals surface area contributed by atoms with Crippen LogP contribution in [0.25, 0.3) is 22.4 Å². The Morgan fingerprint density at radius 3 is 2.62 bits per heavy atom. The number of aromatic nitrogens is 1. The zero-order chi connectivity index (χ0) is 25.5. The molecule has 0 unspecified atom stereocenters. The van der Waals surface area contributed by atoms with E-state index in [9.17, 15) is 4.79 Å². The molecule has 1 saturated heterocycles. The second-order valence-electron chi connectivity index (χ2n) is 8.97. The van der Waals surface area contributed by atoms with E-state index in [1.807, 2.05) is 58.1 Å². The summed E-state index contributed by atoms with van der Waals surface area (Å²) >= 11 is 2.93. The van der Waals surface area contributed by atoms with E-state index in [1.165, 1.54) is 22.7 Å². The van der Waals surface area contributed by atoms with Gasteiger partial charge in [0.05, 0.1) is 24.7 Å². The molecule has 4 aromatic rings. The quantitative estimate of drug-likeness (QED) is 0.269. The van der Waals surface area contributed by atoms with Crippen LogP contribution in [0.15, 0.2) is 57.6 Å². The lowest BCUT2D eigenvalue weighted by Gasteiger charge is -2.34. The first kappa shape index (κ1) is 26.0. The normalized spacial score (nSPS) is 14.9. The fraction of sp³-hybridized carbons (Fsp3) is 0.407. The molecule has 0 bridgehead atoms. The van der Waals surface area contributed by atoms with Crippen molar-refractivity contribution in [3.05, 3.63) is 58.1 Å². The molecule has 5 rings (SSSR count). The smallest absolute Gasteiger partial charge is 0.270 e. The minimum atomic E-state index is -0.00629. The number of benzene rings is 1. The Bertz CT molecular complexity index is 1230. The van der Waals surface area contributed by atoms with Crippen molar-refractivity contribution in [3.63, 3.8) is 0 Å². The maximum atomic E-state index is 13.4.